The average molecular weight is 509 g/mol. The van der Waals surface area contributed by atoms with E-state index in [0.29, 0.717) is 0 Å². The molecule has 4 aliphatic rings. The van der Waals surface area contributed by atoms with E-state index in [0.717, 1.165) is 60.1 Å². The van der Waals surface area contributed by atoms with Crippen LogP contribution in [0.2, 0.25) is 0 Å². The SMILES string of the molecule is CCC1(CC)c2ccccc2B2c3ccc(N4C5=C(CCCC5)Oc5ccccc54)cc3Oc3cccc1c32. The van der Waals surface area contributed by atoms with Crippen molar-refractivity contribution in [2.24, 2.45) is 0 Å². The van der Waals surface area contributed by atoms with Crippen LogP contribution in [-0.2, 0) is 5.41 Å². The number of hydrogen-bond donors (Lipinski definition) is 0. The Labute approximate surface area is 231 Å². The lowest BCUT2D eigenvalue weighted by molar-refractivity contribution is 0.363. The third-order valence-electron chi connectivity index (χ3n) is 9.65. The molecular weight excluding hydrogens is 477 g/mol. The summed E-state index contributed by atoms with van der Waals surface area (Å²) in [5.74, 6) is 4.01. The van der Waals surface area contributed by atoms with Crippen molar-refractivity contribution < 1.29 is 9.47 Å². The molecule has 3 aliphatic heterocycles. The molecule has 3 nitrogen and oxygen atoms in total. The van der Waals surface area contributed by atoms with E-state index in [1.165, 1.54) is 46.1 Å². The van der Waals surface area contributed by atoms with Gasteiger partial charge in [0.25, 0.3) is 6.71 Å². The highest BCUT2D eigenvalue weighted by atomic mass is 16.5. The highest BCUT2D eigenvalue weighted by molar-refractivity contribution is 6.98. The van der Waals surface area contributed by atoms with E-state index in [1.807, 2.05) is 0 Å². The van der Waals surface area contributed by atoms with Crippen molar-refractivity contribution in [1.29, 1.82) is 0 Å². The minimum Gasteiger partial charge on any atom is -0.458 e. The highest BCUT2D eigenvalue weighted by Gasteiger charge is 2.47. The number of allylic oxidation sites excluding steroid dienone is 2. The van der Waals surface area contributed by atoms with Crippen LogP contribution in [0.5, 0.6) is 17.2 Å². The summed E-state index contributed by atoms with van der Waals surface area (Å²) in [4.78, 5) is 2.41. The van der Waals surface area contributed by atoms with Crippen molar-refractivity contribution in [3.8, 4) is 17.2 Å². The second-order valence-electron chi connectivity index (χ2n) is 11.3. The molecule has 0 spiro atoms. The van der Waals surface area contributed by atoms with E-state index >= 15 is 0 Å². The molecule has 192 valence electrons. The molecule has 8 rings (SSSR count). The number of anilines is 2. The van der Waals surface area contributed by atoms with Crippen LogP contribution in [0.3, 0.4) is 0 Å². The van der Waals surface area contributed by atoms with E-state index < -0.39 is 0 Å². The van der Waals surface area contributed by atoms with Gasteiger partial charge in [0.05, 0.1) is 11.4 Å². The fourth-order valence-electron chi connectivity index (χ4n) is 7.78. The third kappa shape index (κ3) is 3.12. The first kappa shape index (κ1) is 23.0. The van der Waals surface area contributed by atoms with Gasteiger partial charge in [0, 0.05) is 23.6 Å². The van der Waals surface area contributed by atoms with E-state index in [1.54, 1.807) is 0 Å². The zero-order valence-corrected chi connectivity index (χ0v) is 22.7. The van der Waals surface area contributed by atoms with Gasteiger partial charge in [-0.2, -0.15) is 0 Å². The summed E-state index contributed by atoms with van der Waals surface area (Å²) in [5.41, 5.74) is 10.5. The first-order chi connectivity index (χ1) is 19.2. The lowest BCUT2D eigenvalue weighted by atomic mass is 9.30. The molecule has 4 aromatic carbocycles. The normalized spacial score (nSPS) is 17.7. The standard InChI is InChI=1S/C35H32BNO2/c1-3-35(4-2)24-12-5-6-14-26(24)36-27-21-20-23(22-33(27)39-32-19-11-13-25(35)34(32)36)37-28-15-7-9-17-30(28)38-31-18-10-8-16-29(31)37/h5-7,9,11-15,17,19-22H,3-4,8,10,16,18H2,1-2H3. The summed E-state index contributed by atoms with van der Waals surface area (Å²) in [6.45, 7) is 4.84. The van der Waals surface area contributed by atoms with Gasteiger partial charge in [-0.05, 0) is 78.4 Å². The molecule has 0 bridgehead atoms. The monoisotopic (exact) mass is 509 g/mol. The molecule has 0 fully saturated rings. The Bertz CT molecular complexity index is 1670. The van der Waals surface area contributed by atoms with Crippen LogP contribution < -0.4 is 30.8 Å². The van der Waals surface area contributed by atoms with Gasteiger partial charge in [0.2, 0.25) is 0 Å². The van der Waals surface area contributed by atoms with Crippen LogP contribution in [0.25, 0.3) is 0 Å². The number of rotatable bonds is 3. The molecule has 39 heavy (non-hydrogen) atoms. The molecular formula is C35H32BNO2. The van der Waals surface area contributed by atoms with E-state index in [9.17, 15) is 0 Å². The molecule has 0 amide bonds. The molecule has 3 heterocycles. The average Bonchev–Trinajstić information content (AvgIpc) is 2.99. The number of ether oxygens (including phenoxy) is 2. The van der Waals surface area contributed by atoms with Crippen molar-refractivity contribution in [1.82, 2.24) is 0 Å². The number of nitrogens with zero attached hydrogens (tertiary/aromatic N) is 1. The van der Waals surface area contributed by atoms with Gasteiger partial charge in [-0.3, -0.25) is 0 Å². The highest BCUT2D eigenvalue weighted by Crippen LogP contribution is 2.48. The van der Waals surface area contributed by atoms with Crippen molar-refractivity contribution >= 4 is 34.5 Å². The maximum absolute atomic E-state index is 6.80. The van der Waals surface area contributed by atoms with Gasteiger partial charge in [-0.1, -0.05) is 73.9 Å². The number of para-hydroxylation sites is 2. The fourth-order valence-corrected chi connectivity index (χ4v) is 7.78. The smallest absolute Gasteiger partial charge is 0.251 e. The first-order valence-electron chi connectivity index (χ1n) is 14.6. The summed E-state index contributed by atoms with van der Waals surface area (Å²) in [7, 11) is 0. The predicted molar refractivity (Wildman–Crippen MR) is 160 cm³/mol. The van der Waals surface area contributed by atoms with Gasteiger partial charge in [-0.25, -0.2) is 0 Å². The Kier molecular flexibility index (Phi) is 5.04. The van der Waals surface area contributed by atoms with E-state index in [4.69, 9.17) is 9.47 Å². The van der Waals surface area contributed by atoms with Crippen LogP contribution in [0.15, 0.2) is 96.4 Å². The summed E-state index contributed by atoms with van der Waals surface area (Å²) >= 11 is 0. The Morgan fingerprint density at radius 1 is 0.718 bits per heavy atom. The van der Waals surface area contributed by atoms with Crippen molar-refractivity contribution in [2.45, 2.75) is 57.8 Å². The Hall–Kier alpha value is -3.92. The quantitative estimate of drug-likeness (QED) is 0.244. The minimum atomic E-state index is 0.0145. The summed E-state index contributed by atoms with van der Waals surface area (Å²) in [5, 5.41) is 0. The van der Waals surface area contributed by atoms with Crippen LogP contribution >= 0.6 is 0 Å². The number of hydrogen-bond acceptors (Lipinski definition) is 3. The topological polar surface area (TPSA) is 21.7 Å². The van der Waals surface area contributed by atoms with Gasteiger partial charge < -0.3 is 14.4 Å². The molecule has 0 saturated heterocycles. The lowest BCUT2D eigenvalue weighted by Gasteiger charge is -2.45. The molecule has 0 radical (unpaired) electrons. The van der Waals surface area contributed by atoms with E-state index in [2.05, 4.69) is 104 Å². The third-order valence-corrected chi connectivity index (χ3v) is 9.65. The fraction of sp³-hybridized carbons (Fsp3) is 0.257. The zero-order valence-electron chi connectivity index (χ0n) is 22.7. The van der Waals surface area contributed by atoms with Crippen molar-refractivity contribution in [3.63, 3.8) is 0 Å². The van der Waals surface area contributed by atoms with Crippen molar-refractivity contribution in [3.05, 3.63) is 108 Å². The molecule has 4 heteroatoms. The zero-order chi connectivity index (χ0) is 26.1. The van der Waals surface area contributed by atoms with Crippen molar-refractivity contribution in [2.75, 3.05) is 4.90 Å². The molecule has 0 saturated carbocycles. The molecule has 4 aromatic rings. The molecule has 0 unspecified atom stereocenters. The molecule has 1 aliphatic carbocycles. The van der Waals surface area contributed by atoms with Crippen LogP contribution in [-0.4, -0.2) is 6.71 Å². The number of fused-ring (bicyclic) bond motifs is 5. The lowest BCUT2D eigenvalue weighted by Crippen LogP contribution is -2.63. The number of benzene rings is 4. The van der Waals surface area contributed by atoms with Crippen LogP contribution in [0.1, 0.15) is 63.5 Å². The summed E-state index contributed by atoms with van der Waals surface area (Å²) in [6, 6.07) is 31.1. The maximum Gasteiger partial charge on any atom is 0.251 e. The Morgan fingerprint density at radius 2 is 1.49 bits per heavy atom. The second kappa shape index (κ2) is 8.54. The van der Waals surface area contributed by atoms with Crippen LogP contribution in [0.4, 0.5) is 11.4 Å². The van der Waals surface area contributed by atoms with Gasteiger partial charge in [-0.15, -0.1) is 0 Å². The summed E-state index contributed by atoms with van der Waals surface area (Å²) in [6.07, 6.45) is 6.53. The Morgan fingerprint density at radius 3 is 2.38 bits per heavy atom. The van der Waals surface area contributed by atoms with Gasteiger partial charge in [0.1, 0.15) is 17.3 Å². The van der Waals surface area contributed by atoms with E-state index in [-0.39, 0.29) is 12.1 Å². The first-order valence-corrected chi connectivity index (χ1v) is 14.6. The van der Waals surface area contributed by atoms with Gasteiger partial charge >= 0.3 is 0 Å². The predicted octanol–water partition coefficient (Wildman–Crippen LogP) is 7.04. The Balaban J connectivity index is 1.32. The second-order valence-corrected chi connectivity index (χ2v) is 11.3. The summed E-state index contributed by atoms with van der Waals surface area (Å²) < 4.78 is 13.2. The maximum atomic E-state index is 6.80. The minimum absolute atomic E-state index is 0.0145. The van der Waals surface area contributed by atoms with Gasteiger partial charge in [0.15, 0.2) is 5.75 Å². The molecule has 0 aromatic heterocycles. The molecule has 0 atom stereocenters. The molecule has 0 N–H and O–H groups in total. The largest absolute Gasteiger partial charge is 0.458 e. The van der Waals surface area contributed by atoms with Crippen LogP contribution in [0, 0.1) is 0 Å².